The van der Waals surface area contributed by atoms with E-state index in [0.29, 0.717) is 16.6 Å². The predicted molar refractivity (Wildman–Crippen MR) is 133 cm³/mol. The van der Waals surface area contributed by atoms with Crippen molar-refractivity contribution in [3.8, 4) is 5.75 Å². The largest absolute Gasteiger partial charge is 0.497 e. The van der Waals surface area contributed by atoms with Gasteiger partial charge in [-0.1, -0.05) is 66.5 Å². The third kappa shape index (κ3) is 3.92. The Morgan fingerprint density at radius 1 is 1.00 bits per heavy atom. The second kappa shape index (κ2) is 8.31. The first-order valence-electron chi connectivity index (χ1n) is 10.7. The van der Waals surface area contributed by atoms with E-state index in [1.807, 2.05) is 36.4 Å². The molecule has 0 saturated heterocycles. The van der Waals surface area contributed by atoms with Gasteiger partial charge in [0.2, 0.25) is 0 Å². The number of nitrogens with zero attached hydrogens (tertiary/aromatic N) is 2. The molecule has 5 heteroatoms. The number of benzene rings is 3. The van der Waals surface area contributed by atoms with E-state index in [0.717, 1.165) is 46.6 Å². The molecule has 0 fully saturated rings. The minimum atomic E-state index is -0.117. The van der Waals surface area contributed by atoms with Crippen LogP contribution < -0.4 is 9.64 Å². The first-order valence-corrected chi connectivity index (χ1v) is 11.4. The van der Waals surface area contributed by atoms with Crippen LogP contribution in [0.2, 0.25) is 10.0 Å². The second-order valence-electron chi connectivity index (χ2n) is 8.70. The predicted octanol–water partition coefficient (Wildman–Crippen LogP) is 7.07. The van der Waals surface area contributed by atoms with Gasteiger partial charge in [-0.05, 0) is 53.9 Å². The average Bonchev–Trinajstić information content (AvgIpc) is 2.80. The second-order valence-corrected chi connectivity index (χ2v) is 9.55. The molecule has 3 aromatic carbocycles. The van der Waals surface area contributed by atoms with E-state index in [2.05, 4.69) is 48.2 Å². The van der Waals surface area contributed by atoms with E-state index < -0.39 is 0 Å². The Morgan fingerprint density at radius 3 is 2.56 bits per heavy atom. The molecule has 162 valence electrons. The Hall–Kier alpha value is -2.75. The van der Waals surface area contributed by atoms with Crippen LogP contribution in [-0.4, -0.2) is 18.6 Å². The molecule has 4 aromatic rings. The van der Waals surface area contributed by atoms with Gasteiger partial charge in [0.15, 0.2) is 0 Å². The third-order valence-corrected chi connectivity index (χ3v) is 6.94. The molecule has 1 atom stereocenters. The summed E-state index contributed by atoms with van der Waals surface area (Å²) >= 11 is 13.1. The van der Waals surface area contributed by atoms with Crippen LogP contribution in [0.1, 0.15) is 23.7 Å². The maximum absolute atomic E-state index is 6.71. The molecule has 1 aromatic heterocycles. The highest BCUT2D eigenvalue weighted by Crippen LogP contribution is 2.44. The number of aromatic nitrogens is 1. The van der Waals surface area contributed by atoms with Gasteiger partial charge in [0.25, 0.3) is 0 Å². The van der Waals surface area contributed by atoms with Gasteiger partial charge < -0.3 is 9.64 Å². The first-order chi connectivity index (χ1) is 15.4. The summed E-state index contributed by atoms with van der Waals surface area (Å²) in [4.78, 5) is 7.27. The number of para-hydroxylation sites is 1. The fourth-order valence-corrected chi connectivity index (χ4v) is 5.27. The molecule has 0 N–H and O–H groups in total. The van der Waals surface area contributed by atoms with Crippen LogP contribution in [0.5, 0.6) is 5.75 Å². The van der Waals surface area contributed by atoms with Crippen LogP contribution in [0, 0.1) is 0 Å². The van der Waals surface area contributed by atoms with Gasteiger partial charge in [0.05, 0.1) is 24.9 Å². The molecule has 1 unspecified atom stereocenters. The quantitative estimate of drug-likeness (QED) is 0.324. The van der Waals surface area contributed by atoms with Crippen molar-refractivity contribution < 1.29 is 4.74 Å². The highest BCUT2D eigenvalue weighted by atomic mass is 35.5. The van der Waals surface area contributed by atoms with Crippen molar-refractivity contribution in [2.24, 2.45) is 0 Å². The van der Waals surface area contributed by atoms with Crippen LogP contribution in [0.25, 0.3) is 10.9 Å². The molecule has 5 rings (SSSR count). The van der Waals surface area contributed by atoms with Crippen LogP contribution in [0.15, 0.2) is 72.8 Å². The monoisotopic (exact) mass is 462 g/mol. The van der Waals surface area contributed by atoms with Crippen molar-refractivity contribution >= 4 is 39.8 Å². The maximum Gasteiger partial charge on any atom is 0.118 e. The third-order valence-electron chi connectivity index (χ3n) is 6.38. The maximum atomic E-state index is 6.71. The fourth-order valence-electron chi connectivity index (χ4n) is 4.72. The summed E-state index contributed by atoms with van der Waals surface area (Å²) in [5.74, 6) is 0.857. The van der Waals surface area contributed by atoms with E-state index in [4.69, 9.17) is 32.9 Å². The molecular weight excluding hydrogens is 439 g/mol. The Kier molecular flexibility index (Phi) is 5.48. The number of pyridine rings is 1. The number of rotatable bonds is 4. The lowest BCUT2D eigenvalue weighted by Crippen LogP contribution is -2.44. The van der Waals surface area contributed by atoms with Crippen LogP contribution in [0.3, 0.4) is 0 Å². The van der Waals surface area contributed by atoms with Gasteiger partial charge in [-0.3, -0.25) is 4.98 Å². The number of ether oxygens (including phenoxy) is 1. The van der Waals surface area contributed by atoms with E-state index in [-0.39, 0.29) is 5.41 Å². The molecular formula is C27H24Cl2N2O. The summed E-state index contributed by atoms with van der Waals surface area (Å²) in [5, 5.41) is 2.51. The van der Waals surface area contributed by atoms with Gasteiger partial charge in [-0.25, -0.2) is 0 Å². The molecule has 0 amide bonds. The molecule has 32 heavy (non-hydrogen) atoms. The van der Waals surface area contributed by atoms with Crippen molar-refractivity contribution in [3.05, 3.63) is 99.7 Å². The lowest BCUT2D eigenvalue weighted by Gasteiger charge is -2.43. The minimum absolute atomic E-state index is 0.117. The van der Waals surface area contributed by atoms with Crippen LogP contribution in [0.4, 0.5) is 5.69 Å². The van der Waals surface area contributed by atoms with Gasteiger partial charge in [-0.2, -0.15) is 0 Å². The number of anilines is 1. The summed E-state index contributed by atoms with van der Waals surface area (Å²) in [5.41, 5.74) is 5.37. The number of hydrogen-bond donors (Lipinski definition) is 0. The van der Waals surface area contributed by atoms with E-state index in [1.165, 1.54) is 5.56 Å². The lowest BCUT2D eigenvalue weighted by atomic mass is 9.74. The van der Waals surface area contributed by atoms with E-state index >= 15 is 0 Å². The van der Waals surface area contributed by atoms with Crippen molar-refractivity contribution in [3.63, 3.8) is 0 Å². The fraction of sp³-hybridized carbons (Fsp3) is 0.222. The Balaban J connectivity index is 1.56. The van der Waals surface area contributed by atoms with E-state index in [1.54, 1.807) is 7.11 Å². The van der Waals surface area contributed by atoms with Crippen molar-refractivity contribution in [1.82, 2.24) is 4.98 Å². The number of hydrogen-bond acceptors (Lipinski definition) is 3. The number of halogens is 2. The van der Waals surface area contributed by atoms with Crippen molar-refractivity contribution in [2.45, 2.75) is 25.3 Å². The van der Waals surface area contributed by atoms with Gasteiger partial charge in [0, 0.05) is 33.1 Å². The zero-order valence-electron chi connectivity index (χ0n) is 18.1. The number of methoxy groups -OCH3 is 1. The van der Waals surface area contributed by atoms with Gasteiger partial charge >= 0.3 is 0 Å². The first kappa shape index (κ1) is 21.1. The average molecular weight is 463 g/mol. The highest BCUT2D eigenvalue weighted by molar-refractivity contribution is 6.35. The summed E-state index contributed by atoms with van der Waals surface area (Å²) in [7, 11) is 1.69. The molecule has 0 saturated carbocycles. The van der Waals surface area contributed by atoms with E-state index in [9.17, 15) is 0 Å². The molecule has 0 bridgehead atoms. The molecule has 0 aliphatic carbocycles. The van der Waals surface area contributed by atoms with Crippen LogP contribution in [-0.2, 0) is 18.4 Å². The van der Waals surface area contributed by atoms with Crippen molar-refractivity contribution in [1.29, 1.82) is 0 Å². The zero-order valence-corrected chi connectivity index (χ0v) is 19.6. The molecule has 0 radical (unpaired) electrons. The Morgan fingerprint density at radius 2 is 1.78 bits per heavy atom. The highest BCUT2D eigenvalue weighted by Gasteiger charge is 2.37. The molecule has 3 nitrogen and oxygen atoms in total. The molecule has 2 heterocycles. The summed E-state index contributed by atoms with van der Waals surface area (Å²) < 4.78 is 5.36. The molecule has 1 aliphatic rings. The standard InChI is InChI=1S/C27H24Cl2N2O/c1-27(19-8-11-22(32-2)12-9-19)15-23-24(29)13-20(28)14-26(23)31(17-27)16-21-10-7-18-5-3-4-6-25(18)30-21/h3-14H,15-17H2,1-2H3. The zero-order chi connectivity index (χ0) is 22.3. The topological polar surface area (TPSA) is 25.4 Å². The van der Waals surface area contributed by atoms with Crippen LogP contribution >= 0.6 is 23.2 Å². The number of fused-ring (bicyclic) bond motifs is 2. The lowest BCUT2D eigenvalue weighted by molar-refractivity contribution is 0.411. The van der Waals surface area contributed by atoms with Gasteiger partial charge in [-0.15, -0.1) is 0 Å². The SMILES string of the molecule is COc1ccc(C2(C)Cc3c(Cl)cc(Cl)cc3N(Cc3ccc4ccccc4n3)C2)cc1. The minimum Gasteiger partial charge on any atom is -0.497 e. The molecule has 1 aliphatic heterocycles. The summed E-state index contributed by atoms with van der Waals surface area (Å²) in [6, 6.07) is 24.7. The Labute approximate surface area is 198 Å². The molecule has 0 spiro atoms. The summed E-state index contributed by atoms with van der Waals surface area (Å²) in [6.45, 7) is 3.81. The van der Waals surface area contributed by atoms with Gasteiger partial charge in [0.1, 0.15) is 5.75 Å². The smallest absolute Gasteiger partial charge is 0.118 e. The van der Waals surface area contributed by atoms with Crippen molar-refractivity contribution in [2.75, 3.05) is 18.6 Å². The summed E-state index contributed by atoms with van der Waals surface area (Å²) in [6.07, 6.45) is 0.840. The normalized spacial score (nSPS) is 17.9. The Bertz CT molecular complexity index is 1290.